The molecule has 0 heterocycles. The lowest BCUT2D eigenvalue weighted by molar-refractivity contribution is 0.0693. The minimum absolute atomic E-state index is 0.0395. The molecule has 0 aliphatic carbocycles. The standard InChI is InChI=1S/C17H14N2O4/c1-23-15-7-4-12(8-14(15)17(21)22)10-19-16(20)13-5-2-11(9-18)3-6-13/h2-8H,10H2,1H3,(H,19,20)(H,21,22). The summed E-state index contributed by atoms with van der Waals surface area (Å²) < 4.78 is 4.98. The number of rotatable bonds is 5. The Kier molecular flexibility index (Phi) is 4.95. The van der Waals surface area contributed by atoms with Crippen LogP contribution in [0.4, 0.5) is 0 Å². The van der Waals surface area contributed by atoms with Crippen molar-refractivity contribution in [1.82, 2.24) is 5.32 Å². The summed E-state index contributed by atoms with van der Waals surface area (Å²) in [6.07, 6.45) is 0. The predicted molar refractivity (Wildman–Crippen MR) is 82.3 cm³/mol. The van der Waals surface area contributed by atoms with E-state index in [9.17, 15) is 9.59 Å². The van der Waals surface area contributed by atoms with E-state index in [1.54, 1.807) is 36.4 Å². The average Bonchev–Trinajstić information content (AvgIpc) is 2.59. The van der Waals surface area contributed by atoms with Gasteiger partial charge in [-0.3, -0.25) is 4.79 Å². The monoisotopic (exact) mass is 310 g/mol. The van der Waals surface area contributed by atoms with Crippen LogP contribution in [0.25, 0.3) is 0 Å². The highest BCUT2D eigenvalue weighted by atomic mass is 16.5. The molecule has 0 aromatic heterocycles. The number of carboxylic acids is 1. The number of amides is 1. The lowest BCUT2D eigenvalue weighted by atomic mass is 10.1. The van der Waals surface area contributed by atoms with Gasteiger partial charge in [0.25, 0.3) is 5.91 Å². The van der Waals surface area contributed by atoms with Crippen molar-refractivity contribution in [3.63, 3.8) is 0 Å². The second-order valence-corrected chi connectivity index (χ2v) is 4.71. The van der Waals surface area contributed by atoms with Gasteiger partial charge in [-0.25, -0.2) is 4.79 Å². The van der Waals surface area contributed by atoms with Crippen LogP contribution in [-0.2, 0) is 6.54 Å². The molecule has 116 valence electrons. The molecule has 2 rings (SSSR count). The Morgan fingerprint density at radius 3 is 2.48 bits per heavy atom. The number of methoxy groups -OCH3 is 1. The van der Waals surface area contributed by atoms with Crippen molar-refractivity contribution in [3.8, 4) is 11.8 Å². The molecule has 6 nitrogen and oxygen atoms in total. The van der Waals surface area contributed by atoms with E-state index in [0.29, 0.717) is 16.7 Å². The van der Waals surface area contributed by atoms with Crippen LogP contribution in [0.3, 0.4) is 0 Å². The molecule has 0 aliphatic heterocycles. The van der Waals surface area contributed by atoms with Crippen LogP contribution in [0.2, 0.25) is 0 Å². The number of nitrogens with zero attached hydrogens (tertiary/aromatic N) is 1. The van der Waals surface area contributed by atoms with Crippen molar-refractivity contribution in [2.24, 2.45) is 0 Å². The van der Waals surface area contributed by atoms with E-state index >= 15 is 0 Å². The highest BCUT2D eigenvalue weighted by Gasteiger charge is 2.12. The molecule has 0 aliphatic rings. The van der Waals surface area contributed by atoms with E-state index in [-0.39, 0.29) is 23.8 Å². The number of benzene rings is 2. The molecule has 2 aromatic carbocycles. The zero-order valence-corrected chi connectivity index (χ0v) is 12.4. The minimum Gasteiger partial charge on any atom is -0.496 e. The predicted octanol–water partition coefficient (Wildman–Crippen LogP) is 2.20. The summed E-state index contributed by atoms with van der Waals surface area (Å²) in [5.41, 5.74) is 1.58. The van der Waals surface area contributed by atoms with Crippen molar-refractivity contribution >= 4 is 11.9 Å². The third-order valence-corrected chi connectivity index (χ3v) is 3.22. The smallest absolute Gasteiger partial charge is 0.339 e. The Labute approximate surface area is 132 Å². The van der Waals surface area contributed by atoms with E-state index in [4.69, 9.17) is 15.1 Å². The number of hydrogen-bond acceptors (Lipinski definition) is 4. The van der Waals surface area contributed by atoms with Gasteiger partial charge in [0.1, 0.15) is 11.3 Å². The molecule has 1 amide bonds. The SMILES string of the molecule is COc1ccc(CNC(=O)c2ccc(C#N)cc2)cc1C(=O)O. The Morgan fingerprint density at radius 1 is 1.22 bits per heavy atom. The summed E-state index contributed by atoms with van der Waals surface area (Å²) in [6, 6.07) is 12.9. The van der Waals surface area contributed by atoms with Crippen LogP contribution >= 0.6 is 0 Å². The topological polar surface area (TPSA) is 99.4 Å². The number of hydrogen-bond donors (Lipinski definition) is 2. The summed E-state index contributed by atoms with van der Waals surface area (Å²) in [4.78, 5) is 23.2. The number of nitriles is 1. The second kappa shape index (κ2) is 7.09. The first-order valence-corrected chi connectivity index (χ1v) is 6.73. The molecule has 0 unspecified atom stereocenters. The molecule has 2 aromatic rings. The summed E-state index contributed by atoms with van der Waals surface area (Å²) in [5, 5.41) is 20.6. The van der Waals surface area contributed by atoms with Crippen molar-refractivity contribution < 1.29 is 19.4 Å². The normalized spacial score (nSPS) is 9.74. The zero-order chi connectivity index (χ0) is 16.8. The quantitative estimate of drug-likeness (QED) is 0.882. The van der Waals surface area contributed by atoms with Crippen LogP contribution in [0.15, 0.2) is 42.5 Å². The second-order valence-electron chi connectivity index (χ2n) is 4.71. The van der Waals surface area contributed by atoms with Gasteiger partial charge < -0.3 is 15.2 Å². The highest BCUT2D eigenvalue weighted by molar-refractivity contribution is 5.94. The van der Waals surface area contributed by atoms with Crippen molar-refractivity contribution in [1.29, 1.82) is 5.26 Å². The number of aromatic carboxylic acids is 1. The van der Waals surface area contributed by atoms with Crippen LogP contribution in [-0.4, -0.2) is 24.1 Å². The van der Waals surface area contributed by atoms with Crippen molar-refractivity contribution in [3.05, 3.63) is 64.7 Å². The van der Waals surface area contributed by atoms with E-state index in [1.165, 1.54) is 13.2 Å². The van der Waals surface area contributed by atoms with Gasteiger partial charge in [-0.05, 0) is 42.0 Å². The molecule has 0 atom stereocenters. The van der Waals surface area contributed by atoms with Crippen LogP contribution < -0.4 is 10.1 Å². The van der Waals surface area contributed by atoms with E-state index in [1.807, 2.05) is 6.07 Å². The Hall–Kier alpha value is -3.33. The maximum absolute atomic E-state index is 12.0. The third-order valence-electron chi connectivity index (χ3n) is 3.22. The lowest BCUT2D eigenvalue weighted by Crippen LogP contribution is -2.22. The molecule has 0 fully saturated rings. The Balaban J connectivity index is 2.08. The van der Waals surface area contributed by atoms with Gasteiger partial charge in [0.2, 0.25) is 0 Å². The molecule has 0 saturated heterocycles. The van der Waals surface area contributed by atoms with Crippen LogP contribution in [0.1, 0.15) is 31.8 Å². The summed E-state index contributed by atoms with van der Waals surface area (Å²) in [6.45, 7) is 0.184. The van der Waals surface area contributed by atoms with E-state index in [0.717, 1.165) is 0 Å². The zero-order valence-electron chi connectivity index (χ0n) is 12.4. The van der Waals surface area contributed by atoms with Crippen molar-refractivity contribution in [2.75, 3.05) is 7.11 Å². The minimum atomic E-state index is -1.10. The molecule has 6 heteroatoms. The van der Waals surface area contributed by atoms with E-state index < -0.39 is 5.97 Å². The number of ether oxygens (including phenoxy) is 1. The number of carbonyl (C=O) groups is 2. The highest BCUT2D eigenvalue weighted by Crippen LogP contribution is 2.19. The number of carboxylic acid groups (broad SMARTS) is 1. The Morgan fingerprint density at radius 2 is 1.91 bits per heavy atom. The van der Waals surface area contributed by atoms with Gasteiger partial charge in [0.15, 0.2) is 0 Å². The first-order valence-electron chi connectivity index (χ1n) is 6.73. The fourth-order valence-electron chi connectivity index (χ4n) is 2.01. The van der Waals surface area contributed by atoms with Gasteiger partial charge in [-0.1, -0.05) is 6.07 Å². The molecule has 23 heavy (non-hydrogen) atoms. The fraction of sp³-hybridized carbons (Fsp3) is 0.118. The maximum Gasteiger partial charge on any atom is 0.339 e. The number of carbonyl (C=O) groups excluding carboxylic acids is 1. The molecule has 2 N–H and O–H groups in total. The fourth-order valence-corrected chi connectivity index (χ4v) is 2.01. The van der Waals surface area contributed by atoms with Gasteiger partial charge in [-0.2, -0.15) is 5.26 Å². The molecule has 0 spiro atoms. The van der Waals surface area contributed by atoms with E-state index in [2.05, 4.69) is 5.32 Å². The lowest BCUT2D eigenvalue weighted by Gasteiger charge is -2.09. The first-order chi connectivity index (χ1) is 11.0. The van der Waals surface area contributed by atoms with Gasteiger partial charge in [-0.15, -0.1) is 0 Å². The van der Waals surface area contributed by atoms with Crippen LogP contribution in [0.5, 0.6) is 5.75 Å². The molecular weight excluding hydrogens is 296 g/mol. The molecule has 0 bridgehead atoms. The largest absolute Gasteiger partial charge is 0.496 e. The van der Waals surface area contributed by atoms with Gasteiger partial charge in [0.05, 0.1) is 18.7 Å². The summed E-state index contributed by atoms with van der Waals surface area (Å²) in [7, 11) is 1.40. The maximum atomic E-state index is 12.0. The van der Waals surface area contributed by atoms with Gasteiger partial charge >= 0.3 is 5.97 Å². The molecule has 0 radical (unpaired) electrons. The third kappa shape index (κ3) is 3.86. The molecule has 0 saturated carbocycles. The summed E-state index contributed by atoms with van der Waals surface area (Å²) in [5.74, 6) is -1.14. The van der Waals surface area contributed by atoms with Gasteiger partial charge in [0, 0.05) is 12.1 Å². The Bertz CT molecular complexity index is 776. The number of nitrogens with one attached hydrogen (secondary N) is 1. The van der Waals surface area contributed by atoms with Crippen molar-refractivity contribution in [2.45, 2.75) is 6.54 Å². The summed E-state index contributed by atoms with van der Waals surface area (Å²) >= 11 is 0. The molecular formula is C17H14N2O4. The van der Waals surface area contributed by atoms with Crippen LogP contribution in [0, 0.1) is 11.3 Å². The first kappa shape index (κ1) is 16.0. The average molecular weight is 310 g/mol.